The molecular weight excluding hydrogens is 314 g/mol. The lowest BCUT2D eigenvalue weighted by Gasteiger charge is -2.37. The van der Waals surface area contributed by atoms with Crippen molar-refractivity contribution in [1.29, 1.82) is 0 Å². The van der Waals surface area contributed by atoms with E-state index in [4.69, 9.17) is 0 Å². The molecule has 0 aliphatic carbocycles. The Hall–Kier alpha value is -2.63. The minimum atomic E-state index is 0.0165. The zero-order valence-corrected chi connectivity index (χ0v) is 14.9. The average Bonchev–Trinajstić information content (AvgIpc) is 2.66. The second kappa shape index (κ2) is 7.96. The van der Waals surface area contributed by atoms with Gasteiger partial charge in [0.25, 0.3) is 0 Å². The maximum absolute atomic E-state index is 12.3. The summed E-state index contributed by atoms with van der Waals surface area (Å²) >= 11 is 0. The van der Waals surface area contributed by atoms with Crippen LogP contribution in [0.1, 0.15) is 24.1 Å². The molecular formula is C19H25N5O. The summed E-state index contributed by atoms with van der Waals surface area (Å²) in [6.07, 6.45) is 3.49. The van der Waals surface area contributed by atoms with Gasteiger partial charge in [0.2, 0.25) is 0 Å². The van der Waals surface area contributed by atoms with Crippen LogP contribution in [0.25, 0.3) is 0 Å². The molecule has 2 heterocycles. The molecule has 2 aromatic rings. The van der Waals surface area contributed by atoms with Crippen molar-refractivity contribution < 1.29 is 4.79 Å². The first kappa shape index (κ1) is 17.2. The largest absolute Gasteiger partial charge is 0.356 e. The van der Waals surface area contributed by atoms with Crippen molar-refractivity contribution in [2.45, 2.75) is 32.4 Å². The molecule has 1 N–H and O–H groups in total. The molecule has 1 aliphatic rings. The Morgan fingerprint density at radius 2 is 1.96 bits per heavy atom. The van der Waals surface area contributed by atoms with E-state index in [1.165, 1.54) is 0 Å². The number of likely N-dealkylation sites (tertiary alicyclic amines) is 1. The number of anilines is 1. The summed E-state index contributed by atoms with van der Waals surface area (Å²) in [4.78, 5) is 24.9. The van der Waals surface area contributed by atoms with Crippen LogP contribution in [0.15, 0.2) is 42.7 Å². The normalized spacial score (nSPS) is 15.0. The van der Waals surface area contributed by atoms with E-state index >= 15 is 0 Å². The van der Waals surface area contributed by atoms with E-state index in [9.17, 15) is 4.79 Å². The molecule has 1 saturated heterocycles. The highest BCUT2D eigenvalue weighted by atomic mass is 16.2. The van der Waals surface area contributed by atoms with Gasteiger partial charge in [0.1, 0.15) is 12.1 Å². The first-order chi connectivity index (χ1) is 12.1. The van der Waals surface area contributed by atoms with Crippen molar-refractivity contribution in [3.63, 3.8) is 0 Å². The third-order valence-electron chi connectivity index (χ3n) is 4.74. The number of urea groups is 1. The Morgan fingerprint density at radius 3 is 2.64 bits per heavy atom. The monoisotopic (exact) mass is 339 g/mol. The summed E-state index contributed by atoms with van der Waals surface area (Å²) < 4.78 is 0. The third-order valence-corrected chi connectivity index (χ3v) is 4.74. The Balaban J connectivity index is 1.48. The number of hydrogen-bond donors (Lipinski definition) is 1. The standard InChI is InChI=1S/C19H25N5O/c1-15-12-18(22-14-21-15)23(2)17-8-10-24(11-9-17)19(25)20-13-16-6-4-3-5-7-16/h3-7,12,14,17H,8-11,13H2,1-2H3,(H,20,25). The van der Waals surface area contributed by atoms with Crippen LogP contribution in [0.2, 0.25) is 0 Å². The van der Waals surface area contributed by atoms with Gasteiger partial charge in [0, 0.05) is 44.5 Å². The molecule has 6 heteroatoms. The molecule has 2 amide bonds. The number of carbonyl (C=O) groups is 1. The van der Waals surface area contributed by atoms with E-state index in [2.05, 4.69) is 27.2 Å². The van der Waals surface area contributed by atoms with Gasteiger partial charge in [0.05, 0.1) is 0 Å². The molecule has 6 nitrogen and oxygen atoms in total. The molecule has 3 rings (SSSR count). The summed E-state index contributed by atoms with van der Waals surface area (Å²) in [6, 6.07) is 12.4. The first-order valence-corrected chi connectivity index (χ1v) is 8.71. The minimum absolute atomic E-state index is 0.0165. The van der Waals surface area contributed by atoms with Crippen LogP contribution >= 0.6 is 0 Å². The van der Waals surface area contributed by atoms with E-state index < -0.39 is 0 Å². The van der Waals surface area contributed by atoms with Gasteiger partial charge in [0.15, 0.2) is 0 Å². The van der Waals surface area contributed by atoms with Gasteiger partial charge < -0.3 is 15.1 Å². The molecule has 0 saturated carbocycles. The van der Waals surface area contributed by atoms with Crippen LogP contribution in [-0.2, 0) is 6.54 Å². The molecule has 0 atom stereocenters. The number of amides is 2. The van der Waals surface area contributed by atoms with Gasteiger partial charge in [-0.15, -0.1) is 0 Å². The molecule has 1 aliphatic heterocycles. The molecule has 25 heavy (non-hydrogen) atoms. The molecule has 1 aromatic carbocycles. The van der Waals surface area contributed by atoms with Crippen molar-refractivity contribution in [3.8, 4) is 0 Å². The van der Waals surface area contributed by atoms with Crippen molar-refractivity contribution in [3.05, 3.63) is 54.0 Å². The number of aryl methyl sites for hydroxylation is 1. The van der Waals surface area contributed by atoms with Crippen molar-refractivity contribution in [2.75, 3.05) is 25.0 Å². The summed E-state index contributed by atoms with van der Waals surface area (Å²) in [5.41, 5.74) is 2.08. The highest BCUT2D eigenvalue weighted by molar-refractivity contribution is 5.74. The molecule has 0 radical (unpaired) electrons. The molecule has 0 spiro atoms. The Bertz CT molecular complexity index is 698. The van der Waals surface area contributed by atoms with E-state index in [0.717, 1.165) is 43.0 Å². The predicted molar refractivity (Wildman–Crippen MR) is 98.4 cm³/mol. The number of benzene rings is 1. The molecule has 0 unspecified atom stereocenters. The van der Waals surface area contributed by atoms with Crippen molar-refractivity contribution in [1.82, 2.24) is 20.2 Å². The lowest BCUT2D eigenvalue weighted by molar-refractivity contribution is 0.180. The highest BCUT2D eigenvalue weighted by Gasteiger charge is 2.25. The van der Waals surface area contributed by atoms with Gasteiger partial charge >= 0.3 is 6.03 Å². The number of rotatable bonds is 4. The zero-order valence-electron chi connectivity index (χ0n) is 14.9. The smallest absolute Gasteiger partial charge is 0.317 e. The first-order valence-electron chi connectivity index (χ1n) is 8.71. The summed E-state index contributed by atoms with van der Waals surface area (Å²) in [7, 11) is 2.07. The second-order valence-electron chi connectivity index (χ2n) is 6.49. The minimum Gasteiger partial charge on any atom is -0.356 e. The van der Waals surface area contributed by atoms with Crippen LogP contribution in [-0.4, -0.2) is 47.1 Å². The fourth-order valence-electron chi connectivity index (χ4n) is 3.16. The van der Waals surface area contributed by atoms with Crippen LogP contribution in [0.3, 0.4) is 0 Å². The lowest BCUT2D eigenvalue weighted by Crippen LogP contribution is -2.48. The number of aromatic nitrogens is 2. The molecule has 0 bridgehead atoms. The quantitative estimate of drug-likeness (QED) is 0.930. The van der Waals surface area contributed by atoms with Crippen LogP contribution in [0.5, 0.6) is 0 Å². The van der Waals surface area contributed by atoms with Crippen molar-refractivity contribution in [2.24, 2.45) is 0 Å². The van der Waals surface area contributed by atoms with E-state index in [-0.39, 0.29) is 6.03 Å². The second-order valence-corrected chi connectivity index (χ2v) is 6.49. The summed E-state index contributed by atoms with van der Waals surface area (Å²) in [5.74, 6) is 0.944. The topological polar surface area (TPSA) is 61.4 Å². The van der Waals surface area contributed by atoms with Crippen molar-refractivity contribution >= 4 is 11.8 Å². The maximum Gasteiger partial charge on any atom is 0.317 e. The Labute approximate surface area is 148 Å². The third kappa shape index (κ3) is 4.47. The Kier molecular flexibility index (Phi) is 5.48. The number of nitrogens with zero attached hydrogens (tertiary/aromatic N) is 4. The average molecular weight is 339 g/mol. The van der Waals surface area contributed by atoms with Gasteiger partial charge in [-0.1, -0.05) is 30.3 Å². The van der Waals surface area contributed by atoms with E-state index in [0.29, 0.717) is 12.6 Å². The van der Waals surface area contributed by atoms with Crippen LogP contribution < -0.4 is 10.2 Å². The number of piperidine rings is 1. The highest BCUT2D eigenvalue weighted by Crippen LogP contribution is 2.20. The van der Waals surface area contributed by atoms with Gasteiger partial charge in [-0.2, -0.15) is 0 Å². The lowest BCUT2D eigenvalue weighted by atomic mass is 10.0. The number of carbonyl (C=O) groups excluding carboxylic acids is 1. The molecule has 132 valence electrons. The van der Waals surface area contributed by atoms with Gasteiger partial charge in [-0.3, -0.25) is 0 Å². The molecule has 1 aromatic heterocycles. The molecule has 1 fully saturated rings. The predicted octanol–water partition coefficient (Wildman–Crippen LogP) is 2.60. The summed E-state index contributed by atoms with van der Waals surface area (Å²) in [6.45, 7) is 4.07. The Morgan fingerprint density at radius 1 is 1.24 bits per heavy atom. The number of nitrogens with one attached hydrogen (secondary N) is 1. The summed E-state index contributed by atoms with van der Waals surface area (Å²) in [5, 5.41) is 3.00. The fourth-order valence-corrected chi connectivity index (χ4v) is 3.16. The van der Waals surface area contributed by atoms with Gasteiger partial charge in [-0.05, 0) is 25.3 Å². The van der Waals surface area contributed by atoms with E-state index in [1.807, 2.05) is 48.2 Å². The van der Waals surface area contributed by atoms with E-state index in [1.54, 1.807) is 6.33 Å². The number of hydrogen-bond acceptors (Lipinski definition) is 4. The van der Waals surface area contributed by atoms with Crippen LogP contribution in [0.4, 0.5) is 10.6 Å². The van der Waals surface area contributed by atoms with Gasteiger partial charge in [-0.25, -0.2) is 14.8 Å². The van der Waals surface area contributed by atoms with Crippen LogP contribution in [0, 0.1) is 6.92 Å². The SMILES string of the molecule is Cc1cc(N(C)C2CCN(C(=O)NCc3ccccc3)CC2)ncn1. The fraction of sp³-hybridized carbons (Fsp3) is 0.421. The maximum atomic E-state index is 12.3. The zero-order chi connectivity index (χ0) is 17.6.